The van der Waals surface area contributed by atoms with Gasteiger partial charge >= 0.3 is 0 Å². The zero-order valence-electron chi connectivity index (χ0n) is 13.5. The minimum atomic E-state index is -0.0253. The van der Waals surface area contributed by atoms with Crippen molar-refractivity contribution in [2.45, 2.75) is 33.7 Å². The van der Waals surface area contributed by atoms with E-state index in [0.29, 0.717) is 6.54 Å². The lowest BCUT2D eigenvalue weighted by molar-refractivity contribution is -0.115. The van der Waals surface area contributed by atoms with Crippen molar-refractivity contribution in [2.75, 3.05) is 0 Å². The van der Waals surface area contributed by atoms with E-state index in [-0.39, 0.29) is 5.91 Å². The van der Waals surface area contributed by atoms with Gasteiger partial charge in [0.05, 0.1) is 0 Å². The molecule has 0 aliphatic heterocycles. The molecule has 0 fully saturated rings. The van der Waals surface area contributed by atoms with Crippen molar-refractivity contribution < 1.29 is 4.79 Å². The third kappa shape index (κ3) is 3.64. The SMILES string of the molecule is C/C=C(/C(=O)NCc1ccccc1)c1cccc(CC)c1C. The minimum Gasteiger partial charge on any atom is -0.348 e. The largest absolute Gasteiger partial charge is 0.348 e. The predicted molar refractivity (Wildman–Crippen MR) is 92.5 cm³/mol. The van der Waals surface area contributed by atoms with Crippen molar-refractivity contribution in [3.8, 4) is 0 Å². The Balaban J connectivity index is 2.17. The summed E-state index contributed by atoms with van der Waals surface area (Å²) < 4.78 is 0. The Morgan fingerprint density at radius 3 is 2.45 bits per heavy atom. The first-order valence-electron chi connectivity index (χ1n) is 7.74. The lowest BCUT2D eigenvalue weighted by atomic mass is 9.94. The molecule has 1 amide bonds. The molecule has 0 unspecified atom stereocenters. The first-order chi connectivity index (χ1) is 10.7. The number of nitrogens with one attached hydrogen (secondary N) is 1. The molecule has 1 N–H and O–H groups in total. The fraction of sp³-hybridized carbons (Fsp3) is 0.250. The highest BCUT2D eigenvalue weighted by Gasteiger charge is 2.14. The van der Waals surface area contributed by atoms with Gasteiger partial charge in [-0.2, -0.15) is 0 Å². The van der Waals surface area contributed by atoms with Crippen molar-refractivity contribution >= 4 is 11.5 Å². The van der Waals surface area contributed by atoms with E-state index in [1.54, 1.807) is 0 Å². The molecule has 0 saturated heterocycles. The van der Waals surface area contributed by atoms with Crippen LogP contribution in [0.2, 0.25) is 0 Å². The summed E-state index contributed by atoms with van der Waals surface area (Å²) in [6.07, 6.45) is 2.87. The van der Waals surface area contributed by atoms with Crippen LogP contribution < -0.4 is 5.32 Å². The molecular formula is C20H23NO. The number of carbonyl (C=O) groups is 1. The van der Waals surface area contributed by atoms with E-state index in [2.05, 4.69) is 25.2 Å². The molecule has 114 valence electrons. The lowest BCUT2D eigenvalue weighted by Crippen LogP contribution is -2.24. The van der Waals surface area contributed by atoms with Gasteiger partial charge in [-0.25, -0.2) is 0 Å². The average Bonchev–Trinajstić information content (AvgIpc) is 2.56. The van der Waals surface area contributed by atoms with Crippen molar-refractivity contribution in [1.29, 1.82) is 0 Å². The highest BCUT2D eigenvalue weighted by Crippen LogP contribution is 2.22. The summed E-state index contributed by atoms with van der Waals surface area (Å²) in [5.74, 6) is -0.0253. The highest BCUT2D eigenvalue weighted by atomic mass is 16.1. The fourth-order valence-electron chi connectivity index (χ4n) is 2.64. The van der Waals surface area contributed by atoms with E-state index >= 15 is 0 Å². The maximum atomic E-state index is 12.5. The second-order valence-electron chi connectivity index (χ2n) is 5.31. The van der Waals surface area contributed by atoms with E-state index in [4.69, 9.17) is 0 Å². The zero-order chi connectivity index (χ0) is 15.9. The number of benzene rings is 2. The third-order valence-corrected chi connectivity index (χ3v) is 3.95. The van der Waals surface area contributed by atoms with Crippen molar-refractivity contribution in [1.82, 2.24) is 5.32 Å². The van der Waals surface area contributed by atoms with Gasteiger partial charge in [0.1, 0.15) is 0 Å². The zero-order valence-corrected chi connectivity index (χ0v) is 13.5. The summed E-state index contributed by atoms with van der Waals surface area (Å²) >= 11 is 0. The van der Waals surface area contributed by atoms with E-state index in [1.807, 2.05) is 55.5 Å². The molecule has 0 atom stereocenters. The van der Waals surface area contributed by atoms with Crippen LogP contribution in [-0.4, -0.2) is 5.91 Å². The lowest BCUT2D eigenvalue weighted by Gasteiger charge is -2.14. The molecule has 2 heteroatoms. The summed E-state index contributed by atoms with van der Waals surface area (Å²) in [6, 6.07) is 16.1. The second-order valence-corrected chi connectivity index (χ2v) is 5.31. The van der Waals surface area contributed by atoms with Gasteiger partial charge in [0.25, 0.3) is 5.91 Å². The van der Waals surface area contributed by atoms with Crippen LogP contribution in [0, 0.1) is 6.92 Å². The molecule has 0 aromatic heterocycles. The normalized spacial score (nSPS) is 11.3. The summed E-state index contributed by atoms with van der Waals surface area (Å²) in [7, 11) is 0. The summed E-state index contributed by atoms with van der Waals surface area (Å²) in [4.78, 5) is 12.5. The summed E-state index contributed by atoms with van der Waals surface area (Å²) in [5.41, 5.74) is 5.34. The van der Waals surface area contributed by atoms with Gasteiger partial charge in [-0.05, 0) is 42.5 Å². The molecule has 2 aromatic carbocycles. The molecule has 22 heavy (non-hydrogen) atoms. The van der Waals surface area contributed by atoms with Gasteiger partial charge in [0.15, 0.2) is 0 Å². The van der Waals surface area contributed by atoms with Crippen LogP contribution >= 0.6 is 0 Å². The smallest absolute Gasteiger partial charge is 0.251 e. The Morgan fingerprint density at radius 2 is 1.82 bits per heavy atom. The molecule has 0 saturated carbocycles. The number of carbonyl (C=O) groups excluding carboxylic acids is 1. The summed E-state index contributed by atoms with van der Waals surface area (Å²) in [5, 5.41) is 3.01. The first kappa shape index (κ1) is 16.0. The monoisotopic (exact) mass is 293 g/mol. The maximum absolute atomic E-state index is 12.5. The van der Waals surface area contributed by atoms with Crippen LogP contribution in [0.4, 0.5) is 0 Å². The number of allylic oxidation sites excluding steroid dienone is 1. The van der Waals surface area contributed by atoms with Crippen molar-refractivity contribution in [3.05, 3.63) is 76.9 Å². The van der Waals surface area contributed by atoms with Gasteiger partial charge in [-0.15, -0.1) is 0 Å². The topological polar surface area (TPSA) is 29.1 Å². The molecule has 2 nitrogen and oxygen atoms in total. The van der Waals surface area contributed by atoms with Gasteiger partial charge in [0, 0.05) is 12.1 Å². The van der Waals surface area contributed by atoms with Crippen LogP contribution in [0.1, 0.15) is 36.1 Å². The number of aryl methyl sites for hydroxylation is 1. The van der Waals surface area contributed by atoms with Crippen LogP contribution in [0.5, 0.6) is 0 Å². The Bertz CT molecular complexity index is 671. The summed E-state index contributed by atoms with van der Waals surface area (Å²) in [6.45, 7) is 6.68. The van der Waals surface area contributed by atoms with Gasteiger partial charge in [-0.1, -0.05) is 61.5 Å². The average molecular weight is 293 g/mol. The standard InChI is InChI=1S/C20H23NO/c1-4-17-12-9-13-19(15(17)3)18(5-2)20(22)21-14-16-10-7-6-8-11-16/h5-13H,4,14H2,1-3H3,(H,21,22)/b18-5+. The van der Waals surface area contributed by atoms with Crippen molar-refractivity contribution in [3.63, 3.8) is 0 Å². The van der Waals surface area contributed by atoms with Crippen LogP contribution in [0.3, 0.4) is 0 Å². The Hall–Kier alpha value is -2.35. The number of hydrogen-bond acceptors (Lipinski definition) is 1. The fourth-order valence-corrected chi connectivity index (χ4v) is 2.64. The minimum absolute atomic E-state index is 0.0253. The third-order valence-electron chi connectivity index (χ3n) is 3.95. The molecule has 2 aromatic rings. The molecule has 0 aliphatic rings. The molecule has 2 rings (SSSR count). The highest BCUT2D eigenvalue weighted by molar-refractivity contribution is 6.19. The molecule has 0 spiro atoms. The second kappa shape index (κ2) is 7.60. The van der Waals surface area contributed by atoms with Gasteiger partial charge in [-0.3, -0.25) is 4.79 Å². The first-order valence-corrected chi connectivity index (χ1v) is 7.74. The van der Waals surface area contributed by atoms with Crippen LogP contribution in [0.25, 0.3) is 5.57 Å². The maximum Gasteiger partial charge on any atom is 0.251 e. The van der Waals surface area contributed by atoms with Crippen LogP contribution in [0.15, 0.2) is 54.6 Å². The molecule has 0 radical (unpaired) electrons. The quantitative estimate of drug-likeness (QED) is 0.819. The molecule has 0 aliphatic carbocycles. The van der Waals surface area contributed by atoms with Crippen molar-refractivity contribution in [2.24, 2.45) is 0 Å². The Morgan fingerprint density at radius 1 is 1.09 bits per heavy atom. The number of hydrogen-bond donors (Lipinski definition) is 1. The van der Waals surface area contributed by atoms with E-state index in [0.717, 1.165) is 23.1 Å². The Labute approximate surface area is 132 Å². The molecular weight excluding hydrogens is 270 g/mol. The van der Waals surface area contributed by atoms with E-state index < -0.39 is 0 Å². The Kier molecular flexibility index (Phi) is 5.54. The molecule has 0 heterocycles. The van der Waals surface area contributed by atoms with Gasteiger partial charge in [0.2, 0.25) is 0 Å². The van der Waals surface area contributed by atoms with Gasteiger partial charge < -0.3 is 5.32 Å². The predicted octanol–water partition coefficient (Wildman–Crippen LogP) is 4.28. The number of amides is 1. The van der Waals surface area contributed by atoms with E-state index in [1.165, 1.54) is 11.1 Å². The van der Waals surface area contributed by atoms with Crippen LogP contribution in [-0.2, 0) is 17.8 Å². The number of rotatable bonds is 5. The van der Waals surface area contributed by atoms with E-state index in [9.17, 15) is 4.79 Å². The molecule has 0 bridgehead atoms.